The normalized spacial score (nSPS) is 18.7. The minimum atomic E-state index is -0.517. The van der Waals surface area contributed by atoms with Crippen LogP contribution in [0.3, 0.4) is 0 Å². The molecule has 0 unspecified atom stereocenters. The molecule has 1 saturated carbocycles. The van der Waals surface area contributed by atoms with Crippen LogP contribution in [0.1, 0.15) is 46.5 Å². The van der Waals surface area contributed by atoms with E-state index in [4.69, 9.17) is 4.74 Å². The van der Waals surface area contributed by atoms with Gasteiger partial charge in [-0.25, -0.2) is 0 Å². The number of carbonyl (C=O) groups excluding carboxylic acids is 1. The van der Waals surface area contributed by atoms with Crippen LogP contribution in [-0.4, -0.2) is 23.0 Å². The highest BCUT2D eigenvalue weighted by molar-refractivity contribution is 5.71. The Morgan fingerprint density at radius 1 is 1.44 bits per heavy atom. The lowest BCUT2D eigenvalue weighted by atomic mass is 9.66. The molecule has 5 nitrogen and oxygen atoms in total. The molecule has 0 radical (unpaired) electrons. The van der Waals surface area contributed by atoms with Gasteiger partial charge in [0.2, 0.25) is 6.54 Å². The third-order valence-electron chi connectivity index (χ3n) is 2.82. The average Bonchev–Trinajstić information content (AvgIpc) is 1.95. The highest BCUT2D eigenvalue weighted by Gasteiger charge is 2.44. The van der Waals surface area contributed by atoms with Crippen molar-refractivity contribution < 1.29 is 14.5 Å². The minimum Gasteiger partial charge on any atom is -0.460 e. The number of hydrogen-bond acceptors (Lipinski definition) is 4. The summed E-state index contributed by atoms with van der Waals surface area (Å²) in [6.07, 6.45) is 2.66. The molecule has 1 fully saturated rings. The second-order valence-corrected chi connectivity index (χ2v) is 5.61. The molecule has 0 heterocycles. The summed E-state index contributed by atoms with van der Waals surface area (Å²) >= 11 is 0. The molecule has 92 valence electrons. The van der Waals surface area contributed by atoms with Gasteiger partial charge in [0.1, 0.15) is 5.60 Å². The van der Waals surface area contributed by atoms with Crippen molar-refractivity contribution >= 4 is 5.97 Å². The Balaban J connectivity index is 2.50. The van der Waals surface area contributed by atoms with E-state index in [-0.39, 0.29) is 23.9 Å². The Morgan fingerprint density at radius 2 is 2.00 bits per heavy atom. The van der Waals surface area contributed by atoms with Crippen LogP contribution in [0.5, 0.6) is 0 Å². The summed E-state index contributed by atoms with van der Waals surface area (Å²) in [5.41, 5.74) is -0.956. The predicted octanol–water partition coefficient (Wildman–Crippen LogP) is 2.17. The van der Waals surface area contributed by atoms with Crippen molar-refractivity contribution in [3.8, 4) is 0 Å². The third kappa shape index (κ3) is 3.79. The number of hydrogen-bond donors (Lipinski definition) is 0. The Morgan fingerprint density at radius 3 is 2.31 bits per heavy atom. The van der Waals surface area contributed by atoms with Crippen LogP contribution in [0.2, 0.25) is 0 Å². The summed E-state index contributed by atoms with van der Waals surface area (Å²) in [5.74, 6) is -0.325. The Kier molecular flexibility index (Phi) is 3.55. The number of esters is 1. The largest absolute Gasteiger partial charge is 0.460 e. The van der Waals surface area contributed by atoms with Crippen molar-refractivity contribution in [2.75, 3.05) is 6.54 Å². The van der Waals surface area contributed by atoms with Gasteiger partial charge in [0, 0.05) is 10.3 Å². The summed E-state index contributed by atoms with van der Waals surface area (Å²) in [7, 11) is 0. The number of ether oxygens (including phenoxy) is 1. The summed E-state index contributed by atoms with van der Waals surface area (Å²) in [6, 6.07) is 0. The third-order valence-corrected chi connectivity index (χ3v) is 2.82. The Bertz CT molecular complexity index is 289. The first-order valence-corrected chi connectivity index (χ1v) is 5.56. The van der Waals surface area contributed by atoms with Crippen molar-refractivity contribution in [2.45, 2.75) is 52.1 Å². The fourth-order valence-electron chi connectivity index (χ4n) is 2.03. The van der Waals surface area contributed by atoms with E-state index in [9.17, 15) is 14.9 Å². The summed E-state index contributed by atoms with van der Waals surface area (Å²) in [5, 5.41) is 10.5. The summed E-state index contributed by atoms with van der Waals surface area (Å²) in [4.78, 5) is 21.8. The monoisotopic (exact) mass is 229 g/mol. The highest BCUT2D eigenvalue weighted by Crippen LogP contribution is 2.44. The van der Waals surface area contributed by atoms with Crippen molar-refractivity contribution in [1.29, 1.82) is 0 Å². The summed E-state index contributed by atoms with van der Waals surface area (Å²) < 4.78 is 5.19. The zero-order chi connectivity index (χ0) is 12.4. The fourth-order valence-corrected chi connectivity index (χ4v) is 2.03. The Labute approximate surface area is 95.3 Å². The minimum absolute atomic E-state index is 0.119. The lowest BCUT2D eigenvalue weighted by molar-refractivity contribution is -0.501. The molecule has 0 amide bonds. The first-order valence-electron chi connectivity index (χ1n) is 5.56. The first-order chi connectivity index (χ1) is 7.22. The molecule has 16 heavy (non-hydrogen) atoms. The van der Waals surface area contributed by atoms with E-state index in [1.807, 2.05) is 0 Å². The molecule has 0 atom stereocenters. The van der Waals surface area contributed by atoms with Gasteiger partial charge in [0.15, 0.2) is 0 Å². The molecule has 1 aliphatic rings. The maximum Gasteiger partial charge on any atom is 0.307 e. The zero-order valence-electron chi connectivity index (χ0n) is 10.1. The van der Waals surface area contributed by atoms with Crippen LogP contribution < -0.4 is 0 Å². The molecular weight excluding hydrogens is 210 g/mol. The fraction of sp³-hybridized carbons (Fsp3) is 0.909. The van der Waals surface area contributed by atoms with E-state index in [2.05, 4.69) is 0 Å². The number of rotatable bonds is 4. The van der Waals surface area contributed by atoms with Gasteiger partial charge in [0.05, 0.1) is 6.42 Å². The maximum absolute atomic E-state index is 11.6. The van der Waals surface area contributed by atoms with Gasteiger partial charge in [0.25, 0.3) is 0 Å². The van der Waals surface area contributed by atoms with Crippen molar-refractivity contribution in [3.63, 3.8) is 0 Å². The predicted molar refractivity (Wildman–Crippen MR) is 58.6 cm³/mol. The van der Waals surface area contributed by atoms with Gasteiger partial charge in [-0.1, -0.05) is 6.42 Å². The average molecular weight is 229 g/mol. The summed E-state index contributed by atoms with van der Waals surface area (Å²) in [6.45, 7) is 5.27. The maximum atomic E-state index is 11.6. The number of carbonyl (C=O) groups is 1. The van der Waals surface area contributed by atoms with Crippen molar-refractivity contribution in [1.82, 2.24) is 0 Å². The van der Waals surface area contributed by atoms with Gasteiger partial charge >= 0.3 is 5.97 Å². The molecule has 5 heteroatoms. The molecule has 1 rings (SSSR count). The van der Waals surface area contributed by atoms with Crippen LogP contribution in [0, 0.1) is 15.5 Å². The molecule has 0 aromatic rings. The molecule has 0 spiro atoms. The second kappa shape index (κ2) is 4.39. The molecule has 0 aliphatic heterocycles. The molecule has 0 saturated heterocycles. The van der Waals surface area contributed by atoms with Crippen LogP contribution in [0.4, 0.5) is 0 Å². The van der Waals surface area contributed by atoms with Crippen molar-refractivity contribution in [2.24, 2.45) is 5.41 Å². The van der Waals surface area contributed by atoms with Crippen LogP contribution in [0.25, 0.3) is 0 Å². The van der Waals surface area contributed by atoms with E-state index < -0.39 is 11.0 Å². The SMILES string of the molecule is CC(C)(C)OC(=O)CC1(C[N+](=O)[O-])CCC1. The molecule has 0 aromatic heterocycles. The molecule has 0 bridgehead atoms. The quantitative estimate of drug-likeness (QED) is 0.421. The highest BCUT2D eigenvalue weighted by atomic mass is 16.6. The number of nitro groups is 1. The zero-order valence-corrected chi connectivity index (χ0v) is 10.1. The molecular formula is C11H19NO4. The van der Waals surface area contributed by atoms with E-state index in [0.29, 0.717) is 0 Å². The van der Waals surface area contributed by atoms with Crippen LogP contribution >= 0.6 is 0 Å². The van der Waals surface area contributed by atoms with Crippen molar-refractivity contribution in [3.05, 3.63) is 10.1 Å². The van der Waals surface area contributed by atoms with Gasteiger partial charge in [-0.05, 0) is 33.6 Å². The van der Waals surface area contributed by atoms with E-state index in [0.717, 1.165) is 19.3 Å². The van der Waals surface area contributed by atoms with Gasteiger partial charge in [-0.15, -0.1) is 0 Å². The molecule has 1 aliphatic carbocycles. The van der Waals surface area contributed by atoms with Crippen LogP contribution in [0.15, 0.2) is 0 Å². The second-order valence-electron chi connectivity index (χ2n) is 5.61. The standard InChI is InChI=1S/C11H19NO4/c1-10(2,3)16-9(13)7-11(5-4-6-11)8-12(14)15/h4-8H2,1-3H3. The van der Waals surface area contributed by atoms with Gasteiger partial charge in [-0.2, -0.15) is 0 Å². The van der Waals surface area contributed by atoms with E-state index >= 15 is 0 Å². The first kappa shape index (κ1) is 12.9. The van der Waals surface area contributed by atoms with Crippen LogP contribution in [-0.2, 0) is 9.53 Å². The lowest BCUT2D eigenvalue weighted by Gasteiger charge is -2.37. The van der Waals surface area contributed by atoms with E-state index in [1.54, 1.807) is 20.8 Å². The number of nitrogens with zero attached hydrogens (tertiary/aromatic N) is 1. The lowest BCUT2D eigenvalue weighted by Crippen LogP contribution is -2.40. The Hall–Kier alpha value is -1.13. The smallest absolute Gasteiger partial charge is 0.307 e. The van der Waals surface area contributed by atoms with Gasteiger partial charge in [-0.3, -0.25) is 14.9 Å². The molecule has 0 N–H and O–H groups in total. The van der Waals surface area contributed by atoms with Gasteiger partial charge < -0.3 is 4.74 Å². The topological polar surface area (TPSA) is 69.4 Å². The van der Waals surface area contributed by atoms with E-state index in [1.165, 1.54) is 0 Å². The molecule has 0 aromatic carbocycles.